The molecule has 0 spiro atoms. The monoisotopic (exact) mass is 450 g/mol. The molecule has 30 heavy (non-hydrogen) atoms. The van der Waals surface area contributed by atoms with Gasteiger partial charge in [0.05, 0.1) is 6.54 Å². The summed E-state index contributed by atoms with van der Waals surface area (Å²) in [5, 5.41) is 8.12. The first kappa shape index (κ1) is 20.6. The van der Waals surface area contributed by atoms with Crippen molar-refractivity contribution >= 4 is 33.0 Å². The van der Waals surface area contributed by atoms with Gasteiger partial charge in [0, 0.05) is 22.5 Å². The number of sulfonamides is 1. The number of anilines is 1. The molecular formula is C19H19FN4O4S2. The van der Waals surface area contributed by atoms with Gasteiger partial charge in [-0.2, -0.15) is 4.98 Å². The molecule has 8 nitrogen and oxygen atoms in total. The molecule has 0 saturated heterocycles. The summed E-state index contributed by atoms with van der Waals surface area (Å²) in [4.78, 5) is 16.5. The molecule has 0 radical (unpaired) electrons. The zero-order valence-electron chi connectivity index (χ0n) is 16.0. The minimum atomic E-state index is -3.89. The van der Waals surface area contributed by atoms with Gasteiger partial charge in [0.2, 0.25) is 17.6 Å². The minimum absolute atomic E-state index is 0.0401. The van der Waals surface area contributed by atoms with Crippen molar-refractivity contribution < 1.29 is 22.1 Å². The van der Waals surface area contributed by atoms with E-state index in [9.17, 15) is 17.6 Å². The summed E-state index contributed by atoms with van der Waals surface area (Å²) < 4.78 is 45.8. The van der Waals surface area contributed by atoms with Crippen LogP contribution >= 0.6 is 11.3 Å². The van der Waals surface area contributed by atoms with Crippen molar-refractivity contribution in [1.29, 1.82) is 0 Å². The van der Waals surface area contributed by atoms with Crippen LogP contribution in [0.3, 0.4) is 0 Å². The number of rotatable bonds is 7. The fourth-order valence-corrected chi connectivity index (χ4v) is 5.13. The van der Waals surface area contributed by atoms with Crippen LogP contribution in [0.5, 0.6) is 0 Å². The minimum Gasteiger partial charge on any atom is -0.339 e. The number of aryl methyl sites for hydroxylation is 1. The maximum absolute atomic E-state index is 13.1. The number of carbonyl (C=O) groups is 1. The Bertz CT molecular complexity index is 1180. The number of aromatic nitrogens is 2. The van der Waals surface area contributed by atoms with Crippen LogP contribution in [0.4, 0.5) is 10.1 Å². The van der Waals surface area contributed by atoms with Crippen molar-refractivity contribution in [2.75, 3.05) is 11.9 Å². The lowest BCUT2D eigenvalue weighted by Crippen LogP contribution is -2.32. The van der Waals surface area contributed by atoms with Crippen molar-refractivity contribution in [2.45, 2.75) is 36.3 Å². The third kappa shape index (κ3) is 4.42. The summed E-state index contributed by atoms with van der Waals surface area (Å²) in [6, 6.07) is 5.37. The van der Waals surface area contributed by atoms with Gasteiger partial charge < -0.3 is 9.84 Å². The molecule has 158 valence electrons. The third-order valence-corrected chi connectivity index (χ3v) is 7.72. The lowest BCUT2D eigenvalue weighted by molar-refractivity contribution is -0.115. The maximum Gasteiger partial charge on any atom is 0.250 e. The first-order valence-corrected chi connectivity index (χ1v) is 11.7. The first-order chi connectivity index (χ1) is 14.3. The second kappa shape index (κ2) is 8.25. The Balaban J connectivity index is 1.39. The fourth-order valence-electron chi connectivity index (χ4n) is 2.94. The Morgan fingerprint density at radius 2 is 2.13 bits per heavy atom. The zero-order chi connectivity index (χ0) is 21.3. The Hall–Kier alpha value is -2.63. The van der Waals surface area contributed by atoms with Crippen LogP contribution in [-0.4, -0.2) is 31.0 Å². The van der Waals surface area contributed by atoms with Crippen LogP contribution in [-0.2, 0) is 14.8 Å². The van der Waals surface area contributed by atoms with Crippen LogP contribution < -0.4 is 10.0 Å². The predicted octanol–water partition coefficient (Wildman–Crippen LogP) is 3.43. The molecule has 1 aliphatic rings. The lowest BCUT2D eigenvalue weighted by Gasteiger charge is -2.20. The Kier molecular flexibility index (Phi) is 5.67. The van der Waals surface area contributed by atoms with E-state index >= 15 is 0 Å². The van der Waals surface area contributed by atoms with Gasteiger partial charge in [-0.05, 0) is 49.6 Å². The fraction of sp³-hybridized carbons (Fsp3) is 0.316. The number of nitrogens with one attached hydrogen (secondary N) is 2. The van der Waals surface area contributed by atoms with Gasteiger partial charge in [0.15, 0.2) is 0 Å². The highest BCUT2D eigenvalue weighted by molar-refractivity contribution is 7.91. The topological polar surface area (TPSA) is 114 Å². The van der Waals surface area contributed by atoms with Gasteiger partial charge in [0.1, 0.15) is 10.0 Å². The summed E-state index contributed by atoms with van der Waals surface area (Å²) in [6.07, 6.45) is 3.19. The number of hydrogen-bond acceptors (Lipinski definition) is 7. The molecule has 2 N–H and O–H groups in total. The molecule has 3 aromatic rings. The van der Waals surface area contributed by atoms with E-state index in [-0.39, 0.29) is 10.1 Å². The van der Waals surface area contributed by atoms with Gasteiger partial charge in [-0.25, -0.2) is 17.5 Å². The summed E-state index contributed by atoms with van der Waals surface area (Å²) in [5.74, 6) is 0.240. The van der Waals surface area contributed by atoms with E-state index in [0.29, 0.717) is 28.5 Å². The molecule has 1 aromatic carbocycles. The standard InChI is InChI=1S/C19H19FN4O4S2/c1-11-7-14(20)5-6-15(11)22-16(25)9-21-30(26,27)17-8-13(10-29-17)18-23-19(28-24-18)12-3-2-4-12/h5-8,10,12,21H,2-4,9H2,1H3,(H,22,25). The van der Waals surface area contributed by atoms with Crippen LogP contribution in [0.2, 0.25) is 0 Å². The van der Waals surface area contributed by atoms with E-state index < -0.39 is 28.3 Å². The first-order valence-electron chi connectivity index (χ1n) is 9.30. The number of benzene rings is 1. The lowest BCUT2D eigenvalue weighted by atomic mass is 9.85. The molecule has 0 aliphatic heterocycles. The van der Waals surface area contributed by atoms with Crippen LogP contribution in [0.15, 0.2) is 38.4 Å². The summed E-state index contributed by atoms with van der Waals surface area (Å²) in [6.45, 7) is 1.19. The molecule has 2 heterocycles. The van der Waals surface area contributed by atoms with E-state index in [0.717, 1.165) is 30.6 Å². The van der Waals surface area contributed by atoms with E-state index in [1.165, 1.54) is 24.3 Å². The molecule has 1 aliphatic carbocycles. The largest absolute Gasteiger partial charge is 0.339 e. The van der Waals surface area contributed by atoms with Gasteiger partial charge in [-0.3, -0.25) is 4.79 Å². The Morgan fingerprint density at radius 1 is 1.33 bits per heavy atom. The van der Waals surface area contributed by atoms with E-state index in [1.54, 1.807) is 12.3 Å². The quantitative estimate of drug-likeness (QED) is 0.570. The summed E-state index contributed by atoms with van der Waals surface area (Å²) in [5.41, 5.74) is 1.50. The highest BCUT2D eigenvalue weighted by Crippen LogP contribution is 2.36. The van der Waals surface area contributed by atoms with E-state index in [4.69, 9.17) is 4.52 Å². The predicted molar refractivity (Wildman–Crippen MR) is 109 cm³/mol. The van der Waals surface area contributed by atoms with Crippen molar-refractivity contribution in [2.24, 2.45) is 0 Å². The average molecular weight is 451 g/mol. The van der Waals surface area contributed by atoms with E-state index in [1.807, 2.05) is 0 Å². The van der Waals surface area contributed by atoms with Crippen LogP contribution in [0.25, 0.3) is 11.4 Å². The molecule has 0 bridgehead atoms. The molecule has 0 atom stereocenters. The molecule has 11 heteroatoms. The van der Waals surface area contributed by atoms with Crippen LogP contribution in [0.1, 0.15) is 36.6 Å². The molecule has 1 amide bonds. The molecule has 1 fully saturated rings. The zero-order valence-corrected chi connectivity index (χ0v) is 17.6. The number of hydrogen-bond donors (Lipinski definition) is 2. The van der Waals surface area contributed by atoms with Gasteiger partial charge in [-0.15, -0.1) is 11.3 Å². The second-order valence-corrected chi connectivity index (χ2v) is 9.98. The molecule has 2 aromatic heterocycles. The van der Waals surface area contributed by atoms with Gasteiger partial charge >= 0.3 is 0 Å². The van der Waals surface area contributed by atoms with Crippen molar-refractivity contribution in [1.82, 2.24) is 14.9 Å². The SMILES string of the molecule is Cc1cc(F)ccc1NC(=O)CNS(=O)(=O)c1cc(-c2noc(C3CCC3)n2)cs1. The van der Waals surface area contributed by atoms with Gasteiger partial charge in [-0.1, -0.05) is 11.6 Å². The van der Waals surface area contributed by atoms with Crippen molar-refractivity contribution in [3.8, 4) is 11.4 Å². The average Bonchev–Trinajstić information content (AvgIpc) is 3.31. The molecule has 1 saturated carbocycles. The maximum atomic E-state index is 13.1. The highest BCUT2D eigenvalue weighted by Gasteiger charge is 2.26. The molecule has 0 unspecified atom stereocenters. The Labute approximate surface area is 176 Å². The number of nitrogens with zero attached hydrogens (tertiary/aromatic N) is 2. The number of amides is 1. The smallest absolute Gasteiger partial charge is 0.250 e. The van der Waals surface area contributed by atoms with E-state index in [2.05, 4.69) is 20.2 Å². The number of thiophene rings is 1. The third-order valence-electron chi connectivity index (χ3n) is 4.88. The summed E-state index contributed by atoms with van der Waals surface area (Å²) >= 11 is 1.00. The highest BCUT2D eigenvalue weighted by atomic mass is 32.2. The van der Waals surface area contributed by atoms with Crippen molar-refractivity contribution in [3.05, 3.63) is 46.9 Å². The van der Waals surface area contributed by atoms with Gasteiger partial charge in [0.25, 0.3) is 10.0 Å². The molecule has 4 rings (SSSR count). The normalized spacial score (nSPS) is 14.5. The second-order valence-electron chi connectivity index (χ2n) is 7.07. The van der Waals surface area contributed by atoms with Crippen LogP contribution in [0, 0.1) is 12.7 Å². The number of carbonyl (C=O) groups excluding carboxylic acids is 1. The summed E-state index contributed by atoms with van der Waals surface area (Å²) in [7, 11) is -3.89. The van der Waals surface area contributed by atoms with Crippen molar-refractivity contribution in [3.63, 3.8) is 0 Å². The molecular weight excluding hydrogens is 431 g/mol. The Morgan fingerprint density at radius 3 is 2.83 bits per heavy atom. The number of halogens is 1.